The minimum Gasteiger partial charge on any atom is -0.462 e. The van der Waals surface area contributed by atoms with E-state index in [1.807, 2.05) is 33.3 Å². The van der Waals surface area contributed by atoms with Gasteiger partial charge in [0.1, 0.15) is 19.8 Å². The predicted molar refractivity (Wildman–Crippen MR) is 219 cm³/mol. The van der Waals surface area contributed by atoms with Crippen molar-refractivity contribution in [2.45, 2.75) is 155 Å². The normalized spacial score (nSPS) is 14.3. The Morgan fingerprint density at radius 3 is 1.68 bits per heavy atom. The van der Waals surface area contributed by atoms with Gasteiger partial charge in [-0.15, -0.1) is 0 Å². The van der Waals surface area contributed by atoms with Gasteiger partial charge in [-0.1, -0.05) is 132 Å². The molecule has 0 saturated heterocycles. The number of phosphoric ester groups is 1. The predicted octanol–water partition coefficient (Wildman–Crippen LogP) is 11.3. The van der Waals surface area contributed by atoms with Crippen LogP contribution >= 0.6 is 7.82 Å². The molecule has 2 unspecified atom stereocenters. The summed E-state index contributed by atoms with van der Waals surface area (Å²) in [6, 6.07) is 0. The van der Waals surface area contributed by atoms with Crippen LogP contribution in [-0.4, -0.2) is 74.9 Å². The van der Waals surface area contributed by atoms with E-state index in [4.69, 9.17) is 18.5 Å². The molecule has 0 bridgehead atoms. The fourth-order valence-corrected chi connectivity index (χ4v) is 5.82. The molecule has 2 atom stereocenters. The average Bonchev–Trinajstić information content (AvgIpc) is 3.10. The van der Waals surface area contributed by atoms with Crippen LogP contribution in [0.1, 0.15) is 149 Å². The zero-order valence-electron chi connectivity index (χ0n) is 34.2. The highest BCUT2D eigenvalue weighted by atomic mass is 31.2. The maximum absolute atomic E-state index is 12.6. The van der Waals surface area contributed by atoms with Gasteiger partial charge in [0.2, 0.25) is 0 Å². The summed E-state index contributed by atoms with van der Waals surface area (Å²) in [4.78, 5) is 35.2. The molecule has 1 N–H and O–H groups in total. The van der Waals surface area contributed by atoms with Crippen LogP contribution in [0.5, 0.6) is 0 Å². The highest BCUT2D eigenvalue weighted by molar-refractivity contribution is 7.47. The largest absolute Gasteiger partial charge is 0.472 e. The molecule has 53 heavy (non-hydrogen) atoms. The van der Waals surface area contributed by atoms with Gasteiger partial charge in [-0.3, -0.25) is 18.6 Å². The van der Waals surface area contributed by atoms with E-state index in [1.54, 1.807) is 0 Å². The molecule has 0 amide bonds. The van der Waals surface area contributed by atoms with Crippen LogP contribution in [0.3, 0.4) is 0 Å². The van der Waals surface area contributed by atoms with E-state index in [-0.39, 0.29) is 26.1 Å². The van der Waals surface area contributed by atoms with Crippen molar-refractivity contribution >= 4 is 19.8 Å². The lowest BCUT2D eigenvalue weighted by Crippen LogP contribution is -2.37. The molecule has 0 rings (SSSR count). The summed E-state index contributed by atoms with van der Waals surface area (Å²) in [7, 11) is 1.42. The Bertz CT molecular complexity index is 1090. The van der Waals surface area contributed by atoms with Crippen LogP contribution in [0.2, 0.25) is 0 Å². The van der Waals surface area contributed by atoms with E-state index in [1.165, 1.54) is 51.4 Å². The maximum Gasteiger partial charge on any atom is 0.472 e. The first-order chi connectivity index (χ1) is 25.5. The molecule has 0 heterocycles. The molecule has 0 aliphatic rings. The van der Waals surface area contributed by atoms with Crippen LogP contribution in [0.15, 0.2) is 60.8 Å². The number of allylic oxidation sites excluding steroid dienone is 10. The van der Waals surface area contributed by atoms with Gasteiger partial charge in [0.05, 0.1) is 27.7 Å². The maximum atomic E-state index is 12.6. The van der Waals surface area contributed by atoms with Crippen molar-refractivity contribution in [3.63, 3.8) is 0 Å². The number of ether oxygens (including phenoxy) is 2. The lowest BCUT2D eigenvalue weighted by Gasteiger charge is -2.24. The molecule has 0 fully saturated rings. The first kappa shape index (κ1) is 50.7. The number of carbonyl (C=O) groups is 2. The third-order valence-corrected chi connectivity index (χ3v) is 9.28. The van der Waals surface area contributed by atoms with Crippen LogP contribution in [0, 0.1) is 0 Å². The third kappa shape index (κ3) is 39.2. The Kier molecular flexibility index (Phi) is 33.9. The summed E-state index contributed by atoms with van der Waals surface area (Å²) in [6.07, 6.45) is 41.5. The first-order valence-corrected chi connectivity index (χ1v) is 22.0. The number of hydrogen-bond acceptors (Lipinski definition) is 7. The fourth-order valence-electron chi connectivity index (χ4n) is 5.08. The summed E-state index contributed by atoms with van der Waals surface area (Å²) in [5.41, 5.74) is 0. The molecule has 0 aliphatic carbocycles. The van der Waals surface area contributed by atoms with Gasteiger partial charge in [-0.05, 0) is 64.2 Å². The number of nitrogens with zero attached hydrogens (tertiary/aromatic N) is 1. The van der Waals surface area contributed by atoms with Crippen molar-refractivity contribution in [1.29, 1.82) is 0 Å². The monoisotopic (exact) mass is 767 g/mol. The van der Waals surface area contributed by atoms with Gasteiger partial charge in [0, 0.05) is 12.8 Å². The van der Waals surface area contributed by atoms with Crippen LogP contribution < -0.4 is 0 Å². The minimum absolute atomic E-state index is 0.0155. The second-order valence-electron chi connectivity index (χ2n) is 14.6. The molecule has 10 heteroatoms. The van der Waals surface area contributed by atoms with E-state index in [0.29, 0.717) is 23.9 Å². The number of unbranched alkanes of at least 4 members (excludes halogenated alkanes) is 12. The van der Waals surface area contributed by atoms with Gasteiger partial charge in [-0.2, -0.15) is 0 Å². The van der Waals surface area contributed by atoms with Crippen molar-refractivity contribution in [3.8, 4) is 0 Å². The van der Waals surface area contributed by atoms with Gasteiger partial charge < -0.3 is 18.9 Å². The summed E-state index contributed by atoms with van der Waals surface area (Å²) < 4.78 is 34.1. The number of hydrogen-bond donors (Lipinski definition) is 1. The van der Waals surface area contributed by atoms with E-state index in [2.05, 4.69) is 62.5 Å². The molecule has 9 nitrogen and oxygen atoms in total. The second-order valence-corrected chi connectivity index (χ2v) is 16.1. The Morgan fingerprint density at radius 2 is 1.11 bits per heavy atom. The fraction of sp³-hybridized carbons (Fsp3) is 0.721. The summed E-state index contributed by atoms with van der Waals surface area (Å²) in [6.45, 7) is 4.19. The van der Waals surface area contributed by atoms with Crippen molar-refractivity contribution in [1.82, 2.24) is 0 Å². The van der Waals surface area contributed by atoms with E-state index in [0.717, 1.165) is 57.8 Å². The van der Waals surface area contributed by atoms with E-state index >= 15 is 0 Å². The number of likely N-dealkylation sites (N-methyl/N-ethyl adjacent to an activating group) is 1. The number of rotatable bonds is 36. The zero-order valence-corrected chi connectivity index (χ0v) is 35.1. The van der Waals surface area contributed by atoms with Crippen LogP contribution in [0.25, 0.3) is 0 Å². The average molecular weight is 767 g/mol. The molecule has 0 aromatic carbocycles. The summed E-state index contributed by atoms with van der Waals surface area (Å²) in [5.74, 6) is -0.908. The number of quaternary nitrogens is 1. The molecule has 0 saturated carbocycles. The molecular weight excluding hydrogens is 689 g/mol. The van der Waals surface area contributed by atoms with Crippen molar-refractivity contribution < 1.29 is 42.1 Å². The quantitative estimate of drug-likeness (QED) is 0.0221. The van der Waals surface area contributed by atoms with Gasteiger partial charge in [0.15, 0.2) is 6.10 Å². The number of phosphoric acid groups is 1. The standard InChI is InChI=1S/C43H76NO8P/c1-6-8-10-12-14-16-18-20-21-22-24-25-27-29-31-33-35-42(45)49-39-41(40-51-53(47,48)50-38-37-44(3,4)5)52-43(46)36-34-32-30-28-26-23-19-17-15-13-11-9-7-2/h9,11,15,17,21-23,26,30,32,41H,6-8,10,12-14,16,18-20,24-25,27-29,31,33-40H2,1-5H3/p+1/b11-9-,17-15-,22-21-,26-23-,32-30-. The molecular formula is C43H77NO8P+. The molecule has 306 valence electrons. The highest BCUT2D eigenvalue weighted by Crippen LogP contribution is 2.43. The van der Waals surface area contributed by atoms with Crippen LogP contribution in [0.4, 0.5) is 0 Å². The summed E-state index contributed by atoms with van der Waals surface area (Å²) >= 11 is 0. The SMILES string of the molecule is CC/C=C\C/C=C\C/C=C\C/C=C\CCC(=O)OC(COC(=O)CCCCCCC/C=C\CCCCCCCCC)COP(=O)(O)OCC[N+](C)(C)C. The molecule has 0 spiro atoms. The zero-order chi connectivity index (χ0) is 39.3. The van der Waals surface area contributed by atoms with E-state index in [9.17, 15) is 19.0 Å². The third-order valence-electron chi connectivity index (χ3n) is 8.30. The Morgan fingerprint density at radius 1 is 0.604 bits per heavy atom. The first-order valence-electron chi connectivity index (χ1n) is 20.5. The van der Waals surface area contributed by atoms with Crippen molar-refractivity contribution in [3.05, 3.63) is 60.8 Å². The smallest absolute Gasteiger partial charge is 0.462 e. The van der Waals surface area contributed by atoms with Gasteiger partial charge >= 0.3 is 19.8 Å². The summed E-state index contributed by atoms with van der Waals surface area (Å²) in [5, 5.41) is 0. The number of esters is 2. The Hall–Kier alpha value is -2.29. The molecule has 0 aromatic heterocycles. The Balaban J connectivity index is 4.50. The van der Waals surface area contributed by atoms with Crippen molar-refractivity contribution in [2.24, 2.45) is 0 Å². The van der Waals surface area contributed by atoms with E-state index < -0.39 is 32.5 Å². The molecule has 0 aliphatic heterocycles. The van der Waals surface area contributed by atoms with Crippen molar-refractivity contribution in [2.75, 3.05) is 47.5 Å². The van der Waals surface area contributed by atoms with Crippen LogP contribution in [-0.2, 0) is 32.7 Å². The lowest BCUT2D eigenvalue weighted by molar-refractivity contribution is -0.870. The lowest BCUT2D eigenvalue weighted by atomic mass is 10.1. The number of carbonyl (C=O) groups excluding carboxylic acids is 2. The topological polar surface area (TPSA) is 108 Å². The minimum atomic E-state index is -4.39. The van der Waals surface area contributed by atoms with Gasteiger partial charge in [0.25, 0.3) is 0 Å². The highest BCUT2D eigenvalue weighted by Gasteiger charge is 2.27. The molecule has 0 aromatic rings. The van der Waals surface area contributed by atoms with Gasteiger partial charge in [-0.25, -0.2) is 4.57 Å². The molecule has 0 radical (unpaired) electrons. The second kappa shape index (κ2) is 35.4. The Labute approximate surface area is 324 Å².